The Morgan fingerprint density at radius 2 is 2.00 bits per heavy atom. The molecule has 0 fully saturated rings. The van der Waals surface area contributed by atoms with Gasteiger partial charge in [0.1, 0.15) is 5.84 Å². The van der Waals surface area contributed by atoms with Gasteiger partial charge < -0.3 is 5.73 Å². The van der Waals surface area contributed by atoms with Crippen LogP contribution in [0.5, 0.6) is 0 Å². The van der Waals surface area contributed by atoms with Crippen molar-refractivity contribution in [2.45, 2.75) is 26.2 Å². The maximum Gasteiger partial charge on any atom is 0.115 e. The molecule has 88 valence electrons. The van der Waals surface area contributed by atoms with Crippen LogP contribution in [0.3, 0.4) is 0 Å². The normalized spacial score (nSPS) is 12.9. The van der Waals surface area contributed by atoms with Crippen LogP contribution in [0.4, 0.5) is 5.69 Å². The molecule has 1 aromatic carbocycles. The van der Waals surface area contributed by atoms with Crippen LogP contribution in [0.2, 0.25) is 5.02 Å². The molecule has 0 atom stereocenters. The molecule has 0 heterocycles. The van der Waals surface area contributed by atoms with Crippen LogP contribution in [0.1, 0.15) is 26.3 Å². The number of aliphatic imine (C=N–C) groups is 1. The van der Waals surface area contributed by atoms with Gasteiger partial charge in [-0.05, 0) is 23.1 Å². The van der Waals surface area contributed by atoms with Gasteiger partial charge in [0, 0.05) is 0 Å². The van der Waals surface area contributed by atoms with Gasteiger partial charge in [0.15, 0.2) is 0 Å². The summed E-state index contributed by atoms with van der Waals surface area (Å²) >= 11 is 11.6. The fourth-order valence-electron chi connectivity index (χ4n) is 1.25. The molecule has 16 heavy (non-hydrogen) atoms. The summed E-state index contributed by atoms with van der Waals surface area (Å²) in [6.07, 6.45) is 0. The number of benzene rings is 1. The van der Waals surface area contributed by atoms with Crippen molar-refractivity contribution in [3.63, 3.8) is 0 Å². The van der Waals surface area contributed by atoms with Gasteiger partial charge in [0.25, 0.3) is 0 Å². The van der Waals surface area contributed by atoms with Crippen molar-refractivity contribution in [3.8, 4) is 0 Å². The van der Waals surface area contributed by atoms with Gasteiger partial charge in [-0.1, -0.05) is 38.4 Å². The third kappa shape index (κ3) is 3.39. The van der Waals surface area contributed by atoms with Gasteiger partial charge in [0.2, 0.25) is 0 Å². The van der Waals surface area contributed by atoms with E-state index >= 15 is 0 Å². The van der Waals surface area contributed by atoms with E-state index in [9.17, 15) is 0 Å². The maximum atomic E-state index is 6.04. The fourth-order valence-corrected chi connectivity index (χ4v) is 1.47. The highest BCUT2D eigenvalue weighted by molar-refractivity contribution is 6.33. The van der Waals surface area contributed by atoms with Crippen LogP contribution < -0.4 is 5.73 Å². The summed E-state index contributed by atoms with van der Waals surface area (Å²) in [6.45, 7) is 6.40. The van der Waals surface area contributed by atoms with E-state index in [1.54, 1.807) is 0 Å². The molecule has 0 amide bonds. The van der Waals surface area contributed by atoms with Crippen molar-refractivity contribution in [2.75, 3.05) is 5.88 Å². The molecule has 0 saturated heterocycles. The summed E-state index contributed by atoms with van der Waals surface area (Å²) < 4.78 is 0. The monoisotopic (exact) mass is 258 g/mol. The lowest BCUT2D eigenvalue weighted by molar-refractivity contribution is 0.590. The topological polar surface area (TPSA) is 38.4 Å². The first kappa shape index (κ1) is 13.3. The maximum absolute atomic E-state index is 6.04. The van der Waals surface area contributed by atoms with Gasteiger partial charge in [-0.25, -0.2) is 4.99 Å². The molecule has 1 aromatic rings. The molecule has 4 heteroatoms. The van der Waals surface area contributed by atoms with Crippen molar-refractivity contribution >= 4 is 34.7 Å². The lowest BCUT2D eigenvalue weighted by Crippen LogP contribution is -2.13. The van der Waals surface area contributed by atoms with Gasteiger partial charge >= 0.3 is 0 Å². The standard InChI is InChI=1S/C12H16Cl2N2/c1-12(2,3)8-4-5-9(14)10(6-8)16-11(15)7-13/h4-6H,7H2,1-3H3,(H2,15,16). The molecule has 2 nitrogen and oxygen atoms in total. The van der Waals surface area contributed by atoms with E-state index in [1.807, 2.05) is 18.2 Å². The summed E-state index contributed by atoms with van der Waals surface area (Å²) in [5, 5.41) is 0.584. The first-order valence-corrected chi connectivity index (χ1v) is 5.95. The van der Waals surface area contributed by atoms with Crippen LogP contribution in [-0.2, 0) is 5.41 Å². The lowest BCUT2D eigenvalue weighted by Gasteiger charge is -2.19. The highest BCUT2D eigenvalue weighted by Crippen LogP contribution is 2.31. The quantitative estimate of drug-likeness (QED) is 0.488. The molecule has 0 unspecified atom stereocenters. The number of alkyl halides is 1. The Hall–Kier alpha value is -0.730. The molecule has 0 aliphatic carbocycles. The molecule has 0 bridgehead atoms. The van der Waals surface area contributed by atoms with Gasteiger partial charge in [-0.2, -0.15) is 0 Å². The van der Waals surface area contributed by atoms with Crippen LogP contribution >= 0.6 is 23.2 Å². The van der Waals surface area contributed by atoms with Crippen molar-refractivity contribution < 1.29 is 0 Å². The zero-order valence-corrected chi connectivity index (χ0v) is 11.2. The van der Waals surface area contributed by atoms with Crippen LogP contribution in [0, 0.1) is 0 Å². The third-order valence-electron chi connectivity index (χ3n) is 2.21. The predicted molar refractivity (Wildman–Crippen MR) is 72.2 cm³/mol. The van der Waals surface area contributed by atoms with Gasteiger partial charge in [-0.15, -0.1) is 11.6 Å². The van der Waals surface area contributed by atoms with Crippen molar-refractivity contribution in [2.24, 2.45) is 10.7 Å². The first-order valence-electron chi connectivity index (χ1n) is 5.03. The van der Waals surface area contributed by atoms with Gasteiger partial charge in [0.05, 0.1) is 16.6 Å². The van der Waals surface area contributed by atoms with Crippen molar-refractivity contribution in [3.05, 3.63) is 28.8 Å². The van der Waals surface area contributed by atoms with E-state index in [4.69, 9.17) is 28.9 Å². The van der Waals surface area contributed by atoms with Crippen LogP contribution in [0.15, 0.2) is 23.2 Å². The minimum Gasteiger partial charge on any atom is -0.386 e. The highest BCUT2D eigenvalue weighted by atomic mass is 35.5. The molecule has 0 radical (unpaired) electrons. The first-order chi connectivity index (χ1) is 7.34. The number of halogens is 2. The largest absolute Gasteiger partial charge is 0.386 e. The number of nitrogens with zero attached hydrogens (tertiary/aromatic N) is 1. The van der Waals surface area contributed by atoms with E-state index in [2.05, 4.69) is 25.8 Å². The molecule has 1 rings (SSSR count). The van der Waals surface area contributed by atoms with E-state index in [-0.39, 0.29) is 11.3 Å². The van der Waals surface area contributed by atoms with E-state index in [0.29, 0.717) is 16.5 Å². The second-order valence-corrected chi connectivity index (χ2v) is 5.33. The van der Waals surface area contributed by atoms with Crippen LogP contribution in [-0.4, -0.2) is 11.7 Å². The molecule has 0 aliphatic heterocycles. The number of amidine groups is 1. The van der Waals surface area contributed by atoms with Gasteiger partial charge in [-0.3, -0.25) is 0 Å². The second-order valence-electron chi connectivity index (χ2n) is 4.65. The number of hydrogen-bond donors (Lipinski definition) is 1. The molecule has 2 N–H and O–H groups in total. The Morgan fingerprint density at radius 1 is 1.38 bits per heavy atom. The number of hydrogen-bond acceptors (Lipinski definition) is 1. The third-order valence-corrected chi connectivity index (χ3v) is 2.81. The zero-order valence-electron chi connectivity index (χ0n) is 9.72. The van der Waals surface area contributed by atoms with Crippen molar-refractivity contribution in [1.82, 2.24) is 0 Å². The Balaban J connectivity index is 3.19. The molecular weight excluding hydrogens is 243 g/mol. The summed E-state index contributed by atoms with van der Waals surface area (Å²) in [4.78, 5) is 4.18. The SMILES string of the molecule is CC(C)(C)c1ccc(Cl)c(N=C(N)CCl)c1. The second kappa shape index (κ2) is 5.07. The summed E-state index contributed by atoms with van der Waals surface area (Å²) in [5.41, 5.74) is 7.49. The summed E-state index contributed by atoms with van der Waals surface area (Å²) in [5.74, 6) is 0.574. The lowest BCUT2D eigenvalue weighted by atomic mass is 9.87. The fraction of sp³-hybridized carbons (Fsp3) is 0.417. The number of nitrogens with two attached hydrogens (primary N) is 1. The molecule has 0 aromatic heterocycles. The Bertz CT molecular complexity index is 406. The van der Waals surface area contributed by atoms with E-state index in [1.165, 1.54) is 0 Å². The molecule has 0 aliphatic rings. The summed E-state index contributed by atoms with van der Waals surface area (Å²) in [7, 11) is 0. The van der Waals surface area contributed by atoms with E-state index in [0.717, 1.165) is 5.56 Å². The average molecular weight is 259 g/mol. The average Bonchev–Trinajstić information content (AvgIpc) is 2.19. The minimum absolute atomic E-state index is 0.0601. The molecule has 0 saturated carbocycles. The Labute approximate surface area is 106 Å². The molecule has 0 spiro atoms. The van der Waals surface area contributed by atoms with E-state index < -0.39 is 0 Å². The molecular formula is C12H16Cl2N2. The van der Waals surface area contributed by atoms with Crippen molar-refractivity contribution in [1.29, 1.82) is 0 Å². The minimum atomic E-state index is 0.0601. The smallest absolute Gasteiger partial charge is 0.115 e. The number of rotatable bonds is 2. The predicted octanol–water partition coefficient (Wildman–Crippen LogP) is 3.87. The zero-order chi connectivity index (χ0) is 12.3. The van der Waals surface area contributed by atoms with Crippen LogP contribution in [0.25, 0.3) is 0 Å². The Morgan fingerprint density at radius 3 is 2.50 bits per heavy atom. The summed E-state index contributed by atoms with van der Waals surface area (Å²) in [6, 6.07) is 5.78. The highest BCUT2D eigenvalue weighted by Gasteiger charge is 2.15. The Kier molecular flexibility index (Phi) is 4.22.